The van der Waals surface area contributed by atoms with Crippen molar-refractivity contribution in [2.45, 2.75) is 4.83 Å². The van der Waals surface area contributed by atoms with Gasteiger partial charge in [0.05, 0.1) is 4.83 Å². The Kier molecular flexibility index (Phi) is 3.53. The Morgan fingerprint density at radius 3 is 2.29 bits per heavy atom. The third-order valence-corrected chi connectivity index (χ3v) is 4.15. The molecule has 0 fully saturated rings. The lowest BCUT2D eigenvalue weighted by Crippen LogP contribution is -1.89. The molecule has 0 saturated carbocycles. The van der Waals surface area contributed by atoms with E-state index in [0.717, 1.165) is 10.7 Å². The van der Waals surface area contributed by atoms with Crippen LogP contribution in [0.4, 0.5) is 5.69 Å². The van der Waals surface area contributed by atoms with E-state index in [9.17, 15) is 0 Å². The monoisotopic (exact) mass is 373 g/mol. The third-order valence-electron chi connectivity index (χ3n) is 2.93. The highest BCUT2D eigenvalue weighted by Gasteiger charge is 2.26. The molecule has 0 spiro atoms. The summed E-state index contributed by atoms with van der Waals surface area (Å²) in [6, 6.07) is 12.0. The van der Waals surface area contributed by atoms with Crippen LogP contribution < -0.4 is 5.73 Å². The van der Waals surface area contributed by atoms with E-state index in [4.69, 9.17) is 17.3 Å². The lowest BCUT2D eigenvalue weighted by atomic mass is 10.1. The highest BCUT2D eigenvalue weighted by molar-refractivity contribution is 9.09. The Hall–Kier alpha value is -0.510. The smallest absolute Gasteiger partial charge is 0.0657 e. The molecule has 2 N–H and O–H groups in total. The molecule has 0 bridgehead atoms. The van der Waals surface area contributed by atoms with E-state index in [2.05, 4.69) is 28.1 Å². The van der Waals surface area contributed by atoms with Crippen molar-refractivity contribution >= 4 is 50.2 Å². The Morgan fingerprint density at radius 1 is 1.00 bits per heavy atom. The molecule has 1 unspecified atom stereocenters. The molecule has 1 aliphatic carbocycles. The molecule has 2 aromatic carbocycles. The van der Waals surface area contributed by atoms with Gasteiger partial charge in [0, 0.05) is 10.7 Å². The molecular formula is C13H10Br2ClN. The average Bonchev–Trinajstić information content (AvgIpc) is 2.53. The van der Waals surface area contributed by atoms with Gasteiger partial charge in [0.1, 0.15) is 0 Å². The number of nitrogen functional groups attached to an aromatic ring is 1. The summed E-state index contributed by atoms with van der Waals surface area (Å²) < 4.78 is 0. The summed E-state index contributed by atoms with van der Waals surface area (Å²) in [5, 5.41) is 0.768. The van der Waals surface area contributed by atoms with Gasteiger partial charge in [-0.25, -0.2) is 0 Å². The molecule has 0 heterocycles. The number of fused-ring (bicyclic) bond motifs is 3. The second-order valence-corrected chi connectivity index (χ2v) is 5.29. The number of nitrogens with two attached hydrogens (primary N) is 1. The molecule has 1 nitrogen and oxygen atoms in total. The number of hydrogen-bond donors (Lipinski definition) is 1. The minimum Gasteiger partial charge on any atom is -0.399 e. The summed E-state index contributed by atoms with van der Waals surface area (Å²) in [5.74, 6) is 0. The van der Waals surface area contributed by atoms with Crippen molar-refractivity contribution in [2.24, 2.45) is 0 Å². The van der Waals surface area contributed by atoms with E-state index in [-0.39, 0.29) is 21.8 Å². The van der Waals surface area contributed by atoms with Crippen molar-refractivity contribution < 1.29 is 0 Å². The maximum Gasteiger partial charge on any atom is 0.0657 e. The Labute approximate surface area is 124 Å². The highest BCUT2D eigenvalue weighted by Crippen LogP contribution is 2.49. The standard InChI is InChI=1S/C13H9BrClN.BrH/c14-13-11-5-7(15)1-3-9(11)10-4-2-8(16)6-12(10)13;/h1-6,13H,16H2;1H. The van der Waals surface area contributed by atoms with Crippen molar-refractivity contribution in [2.75, 3.05) is 5.73 Å². The Balaban J connectivity index is 0.00000108. The molecule has 1 atom stereocenters. The number of alkyl halides is 1. The van der Waals surface area contributed by atoms with Gasteiger partial charge in [0.25, 0.3) is 0 Å². The maximum absolute atomic E-state index is 6.02. The summed E-state index contributed by atoms with van der Waals surface area (Å²) in [4.78, 5) is 0.194. The van der Waals surface area contributed by atoms with Crippen LogP contribution in [0.5, 0.6) is 0 Å². The van der Waals surface area contributed by atoms with Crippen LogP contribution in [-0.2, 0) is 0 Å². The van der Waals surface area contributed by atoms with Gasteiger partial charge < -0.3 is 5.73 Å². The van der Waals surface area contributed by atoms with Gasteiger partial charge in [0.15, 0.2) is 0 Å². The summed E-state index contributed by atoms with van der Waals surface area (Å²) in [7, 11) is 0. The first-order valence-corrected chi connectivity index (χ1v) is 6.29. The fourth-order valence-corrected chi connectivity index (χ4v) is 3.13. The fraction of sp³-hybridized carbons (Fsp3) is 0.0769. The van der Waals surface area contributed by atoms with E-state index in [1.165, 1.54) is 22.3 Å². The second kappa shape index (κ2) is 4.63. The van der Waals surface area contributed by atoms with Crippen LogP contribution in [-0.4, -0.2) is 0 Å². The fourth-order valence-electron chi connectivity index (χ4n) is 2.19. The average molecular weight is 375 g/mol. The number of hydrogen-bond acceptors (Lipinski definition) is 1. The molecule has 0 saturated heterocycles. The van der Waals surface area contributed by atoms with E-state index in [1.54, 1.807) is 0 Å². The van der Waals surface area contributed by atoms with Gasteiger partial charge in [-0.1, -0.05) is 39.7 Å². The summed E-state index contributed by atoms with van der Waals surface area (Å²) in [6.07, 6.45) is 0. The predicted molar refractivity (Wildman–Crippen MR) is 82.4 cm³/mol. The van der Waals surface area contributed by atoms with Gasteiger partial charge in [-0.3, -0.25) is 0 Å². The minimum absolute atomic E-state index is 0. The molecule has 3 rings (SSSR count). The van der Waals surface area contributed by atoms with Gasteiger partial charge in [-0.2, -0.15) is 0 Å². The first-order chi connectivity index (χ1) is 7.66. The Morgan fingerprint density at radius 2 is 1.59 bits per heavy atom. The van der Waals surface area contributed by atoms with Crippen molar-refractivity contribution in [3.8, 4) is 11.1 Å². The van der Waals surface area contributed by atoms with Crippen LogP contribution in [0.1, 0.15) is 16.0 Å². The lowest BCUT2D eigenvalue weighted by Gasteiger charge is -2.04. The lowest BCUT2D eigenvalue weighted by molar-refractivity contribution is 1.25. The van der Waals surface area contributed by atoms with Gasteiger partial charge in [-0.15, -0.1) is 17.0 Å². The van der Waals surface area contributed by atoms with Crippen molar-refractivity contribution in [1.82, 2.24) is 0 Å². The van der Waals surface area contributed by atoms with Crippen LogP contribution in [0.2, 0.25) is 5.02 Å². The first-order valence-electron chi connectivity index (χ1n) is 5.00. The topological polar surface area (TPSA) is 26.0 Å². The van der Waals surface area contributed by atoms with Crippen LogP contribution in [0.15, 0.2) is 36.4 Å². The van der Waals surface area contributed by atoms with Crippen LogP contribution in [0, 0.1) is 0 Å². The molecule has 17 heavy (non-hydrogen) atoms. The van der Waals surface area contributed by atoms with E-state index >= 15 is 0 Å². The van der Waals surface area contributed by atoms with Crippen molar-refractivity contribution in [1.29, 1.82) is 0 Å². The molecule has 4 heteroatoms. The van der Waals surface area contributed by atoms with Gasteiger partial charge >= 0.3 is 0 Å². The molecular weight excluding hydrogens is 365 g/mol. The quantitative estimate of drug-likeness (QED) is 0.511. The summed E-state index contributed by atoms with van der Waals surface area (Å²) in [5.41, 5.74) is 11.5. The largest absolute Gasteiger partial charge is 0.399 e. The molecule has 0 aliphatic heterocycles. The number of halogens is 3. The van der Waals surface area contributed by atoms with Crippen LogP contribution in [0.25, 0.3) is 11.1 Å². The molecule has 0 amide bonds. The molecule has 88 valence electrons. The highest BCUT2D eigenvalue weighted by atomic mass is 79.9. The minimum atomic E-state index is 0. The number of benzene rings is 2. The number of anilines is 1. The zero-order chi connectivity index (χ0) is 11.3. The van der Waals surface area contributed by atoms with E-state index in [0.29, 0.717) is 0 Å². The second-order valence-electron chi connectivity index (χ2n) is 3.94. The van der Waals surface area contributed by atoms with E-state index in [1.807, 2.05) is 24.3 Å². The molecule has 1 aliphatic rings. The summed E-state index contributed by atoms with van der Waals surface area (Å²) in [6.45, 7) is 0. The first kappa shape index (κ1) is 12.9. The maximum atomic E-state index is 6.02. The zero-order valence-electron chi connectivity index (χ0n) is 8.78. The zero-order valence-corrected chi connectivity index (χ0v) is 12.8. The molecule has 2 aromatic rings. The van der Waals surface area contributed by atoms with Gasteiger partial charge in [0.2, 0.25) is 0 Å². The molecule has 0 radical (unpaired) electrons. The third kappa shape index (κ3) is 2.01. The van der Waals surface area contributed by atoms with E-state index < -0.39 is 0 Å². The predicted octanol–water partition coefficient (Wildman–Crippen LogP) is 4.96. The van der Waals surface area contributed by atoms with Crippen LogP contribution >= 0.6 is 44.5 Å². The number of rotatable bonds is 0. The Bertz CT molecular complexity index is 532. The SMILES string of the molecule is Br.Nc1ccc2c(c1)C(Br)c1cc(Cl)ccc1-2. The van der Waals surface area contributed by atoms with Crippen LogP contribution in [0.3, 0.4) is 0 Å². The van der Waals surface area contributed by atoms with Crippen molar-refractivity contribution in [3.05, 3.63) is 52.5 Å². The van der Waals surface area contributed by atoms with Gasteiger partial charge in [-0.05, 0) is 46.5 Å². The van der Waals surface area contributed by atoms with Crippen molar-refractivity contribution in [3.63, 3.8) is 0 Å². The molecule has 0 aromatic heterocycles. The normalized spacial score (nSPS) is 16.0. The summed E-state index contributed by atoms with van der Waals surface area (Å²) >= 11 is 9.71.